The van der Waals surface area contributed by atoms with Crippen molar-refractivity contribution in [3.8, 4) is 53.0 Å². The monoisotopic (exact) mass is 775 g/mol. The second kappa shape index (κ2) is 18.0. The lowest BCUT2D eigenvalue weighted by atomic mass is 10.3. The van der Waals surface area contributed by atoms with Crippen LogP contribution in [0.5, 0.6) is 11.8 Å². The average molecular weight is 776 g/mol. The van der Waals surface area contributed by atoms with Crippen LogP contribution in [0.2, 0.25) is 5.28 Å². The molecule has 0 spiro atoms. The van der Waals surface area contributed by atoms with Gasteiger partial charge >= 0.3 is 0 Å². The van der Waals surface area contributed by atoms with Crippen LogP contribution in [-0.2, 0) is 0 Å². The van der Waals surface area contributed by atoms with Crippen LogP contribution in [0.15, 0.2) is 121 Å². The predicted molar refractivity (Wildman–Crippen MR) is 205 cm³/mol. The third-order valence-electron chi connectivity index (χ3n) is 7.58. The van der Waals surface area contributed by atoms with Gasteiger partial charge in [-0.3, -0.25) is 13.6 Å². The summed E-state index contributed by atoms with van der Waals surface area (Å²) in [5.74, 6) is 1.89. The maximum Gasteiger partial charge on any atom is 0.251 e. The number of hydrogen-bond acceptors (Lipinski definition) is 14. The van der Waals surface area contributed by atoms with E-state index >= 15 is 0 Å². The highest BCUT2D eigenvalue weighted by Gasteiger charge is 2.11. The van der Waals surface area contributed by atoms with Crippen molar-refractivity contribution in [2.75, 3.05) is 14.2 Å². The Kier molecular flexibility index (Phi) is 12.1. The Labute approximate surface area is 327 Å². The predicted octanol–water partition coefficient (Wildman–Crippen LogP) is 4.97. The number of methoxy groups -OCH3 is 2. The van der Waals surface area contributed by atoms with Crippen LogP contribution in [0.3, 0.4) is 0 Å². The Morgan fingerprint density at radius 3 is 1.77 bits per heavy atom. The maximum atomic E-state index is 11.3. The van der Waals surface area contributed by atoms with Crippen molar-refractivity contribution in [2.45, 2.75) is 0 Å². The number of nitrogens with zero attached hydrogens (tertiary/aromatic N) is 14. The largest absolute Gasteiger partial charge is 0.481 e. The van der Waals surface area contributed by atoms with Crippen molar-refractivity contribution >= 4 is 28.5 Å². The smallest absolute Gasteiger partial charge is 0.251 e. The summed E-state index contributed by atoms with van der Waals surface area (Å²) >= 11 is 5.42. The van der Waals surface area contributed by atoms with E-state index in [0.717, 1.165) is 11.3 Å². The molecule has 9 aromatic heterocycles. The first-order valence-electron chi connectivity index (χ1n) is 16.3. The number of aromatic amines is 1. The summed E-state index contributed by atoms with van der Waals surface area (Å²) in [5.41, 5.74) is 5.13. The lowest BCUT2D eigenvalue weighted by Gasteiger charge is -2.02. The van der Waals surface area contributed by atoms with Crippen LogP contribution in [0, 0.1) is 34.0 Å². The molecule has 0 atom stereocenters. The van der Waals surface area contributed by atoms with Gasteiger partial charge in [0.2, 0.25) is 17.0 Å². The molecule has 0 radical (unpaired) electrons. The third-order valence-corrected chi connectivity index (χ3v) is 7.76. The summed E-state index contributed by atoms with van der Waals surface area (Å²) in [4.78, 5) is 46.3. The highest BCUT2D eigenvalue weighted by molar-refractivity contribution is 6.28. The van der Waals surface area contributed by atoms with E-state index in [4.69, 9.17) is 36.9 Å². The van der Waals surface area contributed by atoms with E-state index < -0.39 is 0 Å². The summed E-state index contributed by atoms with van der Waals surface area (Å²) in [6.07, 6.45) is 16.5. The van der Waals surface area contributed by atoms with Gasteiger partial charge in [0.05, 0.1) is 43.3 Å². The Hall–Kier alpha value is -8.53. The van der Waals surface area contributed by atoms with Crippen molar-refractivity contribution in [3.63, 3.8) is 0 Å². The molecule has 19 heteroatoms. The van der Waals surface area contributed by atoms with Crippen LogP contribution in [-0.4, -0.2) is 72.3 Å². The van der Waals surface area contributed by atoms with Gasteiger partial charge in [0.15, 0.2) is 11.6 Å². The minimum atomic E-state index is -0.230. The normalized spacial score (nSPS) is 10.0. The first-order valence-corrected chi connectivity index (χ1v) is 16.7. The van der Waals surface area contributed by atoms with Crippen LogP contribution >= 0.6 is 11.6 Å². The first-order chi connectivity index (χ1) is 27.8. The summed E-state index contributed by atoms with van der Waals surface area (Å²) in [6.45, 7) is 0. The molecule has 0 unspecified atom stereocenters. The molecule has 9 rings (SSSR count). The van der Waals surface area contributed by atoms with E-state index in [0.29, 0.717) is 57.1 Å². The van der Waals surface area contributed by atoms with Crippen molar-refractivity contribution in [3.05, 3.63) is 149 Å². The molecule has 0 aliphatic carbocycles. The van der Waals surface area contributed by atoms with E-state index in [1.807, 2.05) is 16.7 Å². The van der Waals surface area contributed by atoms with Gasteiger partial charge in [-0.15, -0.1) is 0 Å². The number of nitrogens with one attached hydrogen (secondary N) is 1. The van der Waals surface area contributed by atoms with Gasteiger partial charge in [-0.05, 0) is 48.0 Å². The zero-order valence-corrected chi connectivity index (χ0v) is 30.6. The molecule has 278 valence electrons. The maximum absolute atomic E-state index is 11.3. The van der Waals surface area contributed by atoms with Gasteiger partial charge in [-0.2, -0.15) is 25.8 Å². The molecule has 0 saturated heterocycles. The zero-order chi connectivity index (χ0) is 40.1. The van der Waals surface area contributed by atoms with Crippen molar-refractivity contribution < 1.29 is 9.47 Å². The molecular formula is C38H26ClN15O3. The van der Waals surface area contributed by atoms with Crippen LogP contribution < -0.4 is 15.0 Å². The number of nitriles is 3. The van der Waals surface area contributed by atoms with Crippen molar-refractivity contribution in [1.82, 2.24) is 58.1 Å². The molecule has 18 nitrogen and oxygen atoms in total. The van der Waals surface area contributed by atoms with Crippen LogP contribution in [0.25, 0.3) is 40.0 Å². The Morgan fingerprint density at radius 2 is 1.18 bits per heavy atom. The second-order valence-electron chi connectivity index (χ2n) is 11.1. The van der Waals surface area contributed by atoms with E-state index in [2.05, 4.69) is 63.1 Å². The van der Waals surface area contributed by atoms with E-state index in [1.165, 1.54) is 25.6 Å². The van der Waals surface area contributed by atoms with Gasteiger partial charge in [0, 0.05) is 67.8 Å². The van der Waals surface area contributed by atoms with E-state index in [9.17, 15) is 4.79 Å². The lowest BCUT2D eigenvalue weighted by Crippen LogP contribution is -2.06. The number of halogens is 1. The molecule has 0 amide bonds. The fourth-order valence-corrected chi connectivity index (χ4v) is 5.07. The number of ether oxygens (including phenoxy) is 2. The van der Waals surface area contributed by atoms with Gasteiger partial charge in [0.25, 0.3) is 5.56 Å². The average Bonchev–Trinajstić information content (AvgIpc) is 4.02. The number of aromatic nitrogens is 12. The molecule has 0 aliphatic heterocycles. The molecular weight excluding hydrogens is 750 g/mol. The number of pyridine rings is 3. The highest BCUT2D eigenvalue weighted by Crippen LogP contribution is 2.20. The number of imidazole rings is 3. The Bertz CT molecular complexity index is 3010. The molecule has 0 fully saturated rings. The fourth-order valence-electron chi connectivity index (χ4n) is 4.93. The number of rotatable bonds is 4. The summed E-state index contributed by atoms with van der Waals surface area (Å²) in [7, 11) is 3.08. The van der Waals surface area contributed by atoms with E-state index in [1.54, 1.807) is 102 Å². The molecule has 9 heterocycles. The van der Waals surface area contributed by atoms with Gasteiger partial charge in [-0.1, -0.05) is 0 Å². The lowest BCUT2D eigenvalue weighted by molar-refractivity contribution is 0.397. The zero-order valence-electron chi connectivity index (χ0n) is 29.8. The second-order valence-corrected chi connectivity index (χ2v) is 11.4. The summed E-state index contributed by atoms with van der Waals surface area (Å²) in [6, 6.07) is 21.4. The Balaban J connectivity index is 0.000000134. The molecule has 0 aromatic carbocycles. The molecule has 0 saturated carbocycles. The van der Waals surface area contributed by atoms with Gasteiger partial charge in [-0.25, -0.2) is 29.9 Å². The van der Waals surface area contributed by atoms with E-state index in [-0.39, 0.29) is 10.8 Å². The molecule has 57 heavy (non-hydrogen) atoms. The van der Waals surface area contributed by atoms with Crippen molar-refractivity contribution in [1.29, 1.82) is 15.8 Å². The summed E-state index contributed by atoms with van der Waals surface area (Å²) in [5, 5.41) is 26.6. The van der Waals surface area contributed by atoms with Crippen molar-refractivity contribution in [2.24, 2.45) is 0 Å². The highest BCUT2D eigenvalue weighted by atomic mass is 35.5. The standard InChI is InChI=1S/C13H9N5O.C12H7N5O.C8H5N3.C5H5ClN2O/c1-19-12-4-5-15-13(17-12)10-7-16-11-3-2-9(6-14)8-18(10)11;13-5-8-1-2-10-15-6-9(17(10)7-8)12-14-4-3-11(18)16-12;9-5-7-1-2-8-10-3-4-11(8)6-7;1-9-4-2-3-7-5(6)8-4/h2-5,7-8H,1H3;1-4,6-7H,(H,14,16,18);1-4,6H;2-3H,1H3. The van der Waals surface area contributed by atoms with Crippen LogP contribution in [0.4, 0.5) is 0 Å². The fraction of sp³-hybridized carbons (Fsp3) is 0.0526. The minimum absolute atomic E-state index is 0.203. The molecule has 0 aliphatic rings. The number of hydrogen-bond donors (Lipinski definition) is 1. The first kappa shape index (κ1) is 38.2. The quantitative estimate of drug-likeness (QED) is 0.232. The molecule has 0 bridgehead atoms. The minimum Gasteiger partial charge on any atom is -0.481 e. The van der Waals surface area contributed by atoms with Gasteiger partial charge in [0.1, 0.15) is 46.5 Å². The Morgan fingerprint density at radius 1 is 0.614 bits per heavy atom. The topological polar surface area (TPSA) is 239 Å². The summed E-state index contributed by atoms with van der Waals surface area (Å²) < 4.78 is 15.2. The number of H-pyrrole nitrogens is 1. The SMILES string of the molecule is COc1ccnc(-c2cnc3ccc(C#N)cn23)n1.COc1ccnc(Cl)n1.N#Cc1ccc2ncc(-c3nccc(=O)[nH]3)n2c1.N#Cc1ccc2nccn2c1. The molecule has 9 aromatic rings. The molecule has 1 N–H and O–H groups in total. The van der Waals surface area contributed by atoms with Gasteiger partial charge < -0.3 is 18.9 Å². The third kappa shape index (κ3) is 9.35. The number of fused-ring (bicyclic) bond motifs is 3. The van der Waals surface area contributed by atoms with Crippen LogP contribution in [0.1, 0.15) is 16.7 Å².